The van der Waals surface area contributed by atoms with Crippen LogP contribution in [-0.2, 0) is 11.2 Å². The van der Waals surface area contributed by atoms with E-state index in [0.29, 0.717) is 22.2 Å². The van der Waals surface area contributed by atoms with Crippen LogP contribution in [0, 0.1) is 23.2 Å². The van der Waals surface area contributed by atoms with E-state index in [1.54, 1.807) is 6.07 Å². The zero-order valence-electron chi connectivity index (χ0n) is 12.1. The van der Waals surface area contributed by atoms with E-state index in [9.17, 15) is 4.79 Å². The molecule has 4 fully saturated rings. The average Bonchev–Trinajstić information content (AvgIpc) is 2.41. The lowest BCUT2D eigenvalue weighted by Gasteiger charge is -2.56. The van der Waals surface area contributed by atoms with Crippen LogP contribution < -0.4 is 0 Å². The molecular weight excluding hydrogens is 303 g/mol. The average molecular weight is 323 g/mol. The van der Waals surface area contributed by atoms with Crippen molar-refractivity contribution in [3.05, 3.63) is 33.8 Å². The summed E-state index contributed by atoms with van der Waals surface area (Å²) >= 11 is 12.0. The molecule has 4 bridgehead atoms. The van der Waals surface area contributed by atoms with Gasteiger partial charge in [-0.1, -0.05) is 29.3 Å². The van der Waals surface area contributed by atoms with Crippen molar-refractivity contribution in [2.45, 2.75) is 44.9 Å². The molecule has 0 atom stereocenters. The molecular formula is C18H20Cl2O. The third kappa shape index (κ3) is 2.43. The van der Waals surface area contributed by atoms with Gasteiger partial charge in [0.15, 0.2) is 0 Å². The second-order valence-corrected chi connectivity index (χ2v) is 8.36. The number of rotatable bonds is 3. The van der Waals surface area contributed by atoms with E-state index in [2.05, 4.69) is 0 Å². The summed E-state index contributed by atoms with van der Waals surface area (Å²) < 4.78 is 0. The van der Waals surface area contributed by atoms with Crippen molar-refractivity contribution in [1.29, 1.82) is 0 Å². The fraction of sp³-hybridized carbons (Fsp3) is 0.611. The number of benzene rings is 1. The fourth-order valence-corrected chi connectivity index (χ4v) is 5.80. The Morgan fingerprint density at radius 2 is 1.57 bits per heavy atom. The van der Waals surface area contributed by atoms with Crippen LogP contribution >= 0.6 is 23.2 Å². The maximum atomic E-state index is 13.0. The molecule has 4 aliphatic carbocycles. The largest absolute Gasteiger partial charge is 0.299 e. The molecule has 1 nitrogen and oxygen atoms in total. The molecule has 112 valence electrons. The highest BCUT2D eigenvalue weighted by Gasteiger charge is 2.53. The van der Waals surface area contributed by atoms with Crippen molar-refractivity contribution in [2.75, 3.05) is 0 Å². The topological polar surface area (TPSA) is 17.1 Å². The van der Waals surface area contributed by atoms with Gasteiger partial charge in [-0.05, 0) is 74.0 Å². The Balaban J connectivity index is 1.56. The Kier molecular flexibility index (Phi) is 3.35. The summed E-state index contributed by atoms with van der Waals surface area (Å²) in [6.45, 7) is 0. The SMILES string of the molecule is O=C(Cc1ccc(Cl)c(Cl)c1)C12CC3CC(CC(C3)C1)C2. The standard InChI is InChI=1S/C18H20Cl2O/c19-15-2-1-11(6-16(15)20)7-17(21)18-8-12-3-13(9-18)5-14(4-12)10-18/h1-2,6,12-14H,3-5,7-10H2. The number of halogens is 2. The third-order valence-electron chi connectivity index (χ3n) is 5.98. The highest BCUT2D eigenvalue weighted by Crippen LogP contribution is 2.60. The van der Waals surface area contributed by atoms with Gasteiger partial charge in [0.25, 0.3) is 0 Å². The monoisotopic (exact) mass is 322 g/mol. The first-order valence-corrected chi connectivity index (χ1v) is 8.77. The van der Waals surface area contributed by atoms with Gasteiger partial charge in [0.2, 0.25) is 0 Å². The Hall–Kier alpha value is -0.530. The van der Waals surface area contributed by atoms with Crippen LogP contribution in [0.2, 0.25) is 10.0 Å². The highest BCUT2D eigenvalue weighted by molar-refractivity contribution is 6.42. The van der Waals surface area contributed by atoms with Crippen molar-refractivity contribution in [3.63, 3.8) is 0 Å². The summed E-state index contributed by atoms with van der Waals surface area (Å²) in [7, 11) is 0. The second kappa shape index (κ2) is 4.99. The third-order valence-corrected chi connectivity index (χ3v) is 6.72. The van der Waals surface area contributed by atoms with Crippen LogP contribution in [0.25, 0.3) is 0 Å². The smallest absolute Gasteiger partial charge is 0.143 e. The minimum atomic E-state index is -0.0130. The Morgan fingerprint density at radius 1 is 1.00 bits per heavy atom. The summed E-state index contributed by atoms with van der Waals surface area (Å²) in [6.07, 6.45) is 8.05. The van der Waals surface area contributed by atoms with E-state index >= 15 is 0 Å². The van der Waals surface area contributed by atoms with E-state index in [1.165, 1.54) is 19.3 Å². The molecule has 0 aromatic heterocycles. The lowest BCUT2D eigenvalue weighted by molar-refractivity contribution is -0.143. The van der Waals surface area contributed by atoms with Gasteiger partial charge in [-0.2, -0.15) is 0 Å². The van der Waals surface area contributed by atoms with Gasteiger partial charge in [0, 0.05) is 11.8 Å². The first-order valence-electron chi connectivity index (χ1n) is 8.01. The zero-order chi connectivity index (χ0) is 14.6. The normalized spacial score (nSPS) is 37.0. The maximum Gasteiger partial charge on any atom is 0.143 e. The van der Waals surface area contributed by atoms with E-state index in [1.807, 2.05) is 12.1 Å². The quantitative estimate of drug-likeness (QED) is 0.735. The van der Waals surface area contributed by atoms with E-state index in [-0.39, 0.29) is 5.41 Å². The molecule has 0 heterocycles. The summed E-state index contributed by atoms with van der Waals surface area (Å²) in [6, 6.07) is 5.58. The highest BCUT2D eigenvalue weighted by atomic mass is 35.5. The van der Waals surface area contributed by atoms with Crippen molar-refractivity contribution in [3.8, 4) is 0 Å². The second-order valence-electron chi connectivity index (χ2n) is 7.55. The predicted octanol–water partition coefficient (Wildman–Crippen LogP) is 5.32. The van der Waals surface area contributed by atoms with Crippen LogP contribution in [0.5, 0.6) is 0 Å². The summed E-state index contributed by atoms with van der Waals surface area (Å²) in [5.41, 5.74) is 0.992. The van der Waals surface area contributed by atoms with Crippen molar-refractivity contribution in [2.24, 2.45) is 23.2 Å². The molecule has 0 radical (unpaired) electrons. The Labute approximate surface area is 136 Å². The molecule has 0 spiro atoms. The molecule has 1 aromatic carbocycles. The van der Waals surface area contributed by atoms with Gasteiger partial charge in [0.05, 0.1) is 10.0 Å². The molecule has 0 aliphatic heterocycles. The zero-order valence-corrected chi connectivity index (χ0v) is 13.6. The van der Waals surface area contributed by atoms with Crippen LogP contribution in [0.1, 0.15) is 44.1 Å². The molecule has 0 N–H and O–H groups in total. The fourth-order valence-electron chi connectivity index (χ4n) is 5.47. The van der Waals surface area contributed by atoms with E-state index in [4.69, 9.17) is 23.2 Å². The minimum absolute atomic E-state index is 0.0130. The molecule has 5 rings (SSSR count). The first kappa shape index (κ1) is 14.1. The van der Waals surface area contributed by atoms with E-state index < -0.39 is 0 Å². The predicted molar refractivity (Wildman–Crippen MR) is 85.8 cm³/mol. The van der Waals surface area contributed by atoms with Gasteiger partial charge in [-0.25, -0.2) is 0 Å². The van der Waals surface area contributed by atoms with Crippen molar-refractivity contribution < 1.29 is 4.79 Å². The number of carbonyl (C=O) groups is 1. The molecule has 0 saturated heterocycles. The van der Waals surface area contributed by atoms with Crippen LogP contribution in [0.4, 0.5) is 0 Å². The van der Waals surface area contributed by atoms with Gasteiger partial charge in [0.1, 0.15) is 5.78 Å². The van der Waals surface area contributed by atoms with E-state index in [0.717, 1.165) is 42.6 Å². The Morgan fingerprint density at radius 3 is 2.10 bits per heavy atom. The summed E-state index contributed by atoms with van der Waals surface area (Å²) in [5.74, 6) is 2.89. The van der Waals surface area contributed by atoms with Crippen LogP contribution in [0.15, 0.2) is 18.2 Å². The first-order chi connectivity index (χ1) is 10.0. The lowest BCUT2D eigenvalue weighted by Crippen LogP contribution is -2.50. The number of Topliss-reactive ketones (excluding diaryl/α,β-unsaturated/α-hetero) is 1. The molecule has 21 heavy (non-hydrogen) atoms. The maximum absolute atomic E-state index is 13.0. The molecule has 4 saturated carbocycles. The number of ketones is 1. The molecule has 0 amide bonds. The van der Waals surface area contributed by atoms with Crippen LogP contribution in [-0.4, -0.2) is 5.78 Å². The minimum Gasteiger partial charge on any atom is -0.299 e. The lowest BCUT2D eigenvalue weighted by atomic mass is 9.48. The van der Waals surface area contributed by atoms with Crippen molar-refractivity contribution in [1.82, 2.24) is 0 Å². The molecule has 4 aliphatic rings. The number of hydrogen-bond donors (Lipinski definition) is 0. The Bertz CT molecular complexity index is 558. The summed E-state index contributed by atoms with van der Waals surface area (Å²) in [5, 5.41) is 1.11. The molecule has 3 heteroatoms. The summed E-state index contributed by atoms with van der Waals surface area (Å²) in [4.78, 5) is 13.0. The van der Waals surface area contributed by atoms with Gasteiger partial charge in [-0.3, -0.25) is 4.79 Å². The van der Waals surface area contributed by atoms with Gasteiger partial charge >= 0.3 is 0 Å². The van der Waals surface area contributed by atoms with Crippen molar-refractivity contribution >= 4 is 29.0 Å². The number of carbonyl (C=O) groups excluding carboxylic acids is 1. The van der Waals surface area contributed by atoms with Crippen LogP contribution in [0.3, 0.4) is 0 Å². The molecule has 1 aromatic rings. The number of hydrogen-bond acceptors (Lipinski definition) is 1. The van der Waals surface area contributed by atoms with Gasteiger partial charge < -0.3 is 0 Å². The molecule has 0 unspecified atom stereocenters. The van der Waals surface area contributed by atoms with Gasteiger partial charge in [-0.15, -0.1) is 0 Å².